The first kappa shape index (κ1) is 10.5. The summed E-state index contributed by atoms with van der Waals surface area (Å²) in [5, 5.41) is 12.3. The molecule has 1 aliphatic heterocycles. The molecule has 0 saturated carbocycles. The summed E-state index contributed by atoms with van der Waals surface area (Å²) in [7, 11) is 0. The molecule has 0 amide bonds. The Hall–Kier alpha value is -1.65. The molecule has 3 rings (SSSR count). The molecule has 1 N–H and O–H groups in total. The van der Waals surface area contributed by atoms with E-state index in [1.165, 1.54) is 11.3 Å². The number of rotatable bonds is 1. The highest BCUT2D eigenvalue weighted by atomic mass is 32.1. The molecule has 0 spiro atoms. The summed E-state index contributed by atoms with van der Waals surface area (Å²) in [4.78, 5) is 12.9. The number of para-hydroxylation sites is 1. The van der Waals surface area contributed by atoms with E-state index < -0.39 is 5.60 Å². The third-order valence-corrected chi connectivity index (χ3v) is 3.89. The predicted octanol–water partition coefficient (Wildman–Crippen LogP) is 2.21. The normalized spacial score (nSPS) is 23.0. The number of fused-ring (bicyclic) bond motifs is 1. The monoisotopic (exact) mass is 246 g/mol. The zero-order valence-electron chi connectivity index (χ0n) is 8.92. The summed E-state index contributed by atoms with van der Waals surface area (Å²) in [6.07, 6.45) is 0. The Kier molecular flexibility index (Phi) is 2.28. The van der Waals surface area contributed by atoms with Gasteiger partial charge in [-0.25, -0.2) is 0 Å². The fourth-order valence-corrected chi connectivity index (χ4v) is 2.76. The number of carbonyl (C=O) groups excluding carboxylic acids is 1. The second kappa shape index (κ2) is 3.68. The van der Waals surface area contributed by atoms with Crippen molar-refractivity contribution in [3.05, 3.63) is 52.2 Å². The largest absolute Gasteiger partial charge is 0.489 e. The maximum absolute atomic E-state index is 12.3. The maximum atomic E-state index is 12.3. The van der Waals surface area contributed by atoms with Crippen LogP contribution in [-0.4, -0.2) is 17.5 Å². The Morgan fingerprint density at radius 3 is 2.82 bits per heavy atom. The van der Waals surface area contributed by atoms with E-state index in [2.05, 4.69) is 0 Å². The molecule has 0 saturated heterocycles. The van der Waals surface area contributed by atoms with Gasteiger partial charge >= 0.3 is 0 Å². The van der Waals surface area contributed by atoms with Gasteiger partial charge in [-0.1, -0.05) is 18.2 Å². The molecule has 0 fully saturated rings. The van der Waals surface area contributed by atoms with Gasteiger partial charge < -0.3 is 9.84 Å². The average Bonchev–Trinajstić information content (AvgIpc) is 2.89. The fourth-order valence-electron chi connectivity index (χ4n) is 1.95. The van der Waals surface area contributed by atoms with Gasteiger partial charge in [0.05, 0.1) is 5.56 Å². The predicted molar refractivity (Wildman–Crippen MR) is 64.5 cm³/mol. The molecule has 1 aliphatic rings. The third-order valence-electron chi connectivity index (χ3n) is 2.87. The molecule has 2 aromatic rings. The van der Waals surface area contributed by atoms with Gasteiger partial charge in [-0.3, -0.25) is 4.79 Å². The summed E-state index contributed by atoms with van der Waals surface area (Å²) in [6.45, 7) is -0.0244. The number of hydrogen-bond donors (Lipinski definition) is 1. The van der Waals surface area contributed by atoms with Gasteiger partial charge in [0, 0.05) is 4.88 Å². The van der Waals surface area contributed by atoms with Crippen LogP contribution >= 0.6 is 11.3 Å². The zero-order chi connectivity index (χ0) is 11.9. The summed E-state index contributed by atoms with van der Waals surface area (Å²) in [5.74, 6) is 0.250. The fraction of sp³-hybridized carbons (Fsp3) is 0.154. The molecule has 4 heteroatoms. The Morgan fingerprint density at radius 2 is 2.06 bits per heavy atom. The van der Waals surface area contributed by atoms with E-state index in [1.807, 2.05) is 17.5 Å². The van der Waals surface area contributed by atoms with Crippen molar-refractivity contribution in [3.63, 3.8) is 0 Å². The van der Waals surface area contributed by atoms with E-state index in [0.717, 1.165) is 0 Å². The van der Waals surface area contributed by atoms with Crippen LogP contribution in [0.2, 0.25) is 0 Å². The molecular weight excluding hydrogens is 236 g/mol. The smallest absolute Gasteiger partial charge is 0.207 e. The van der Waals surface area contributed by atoms with Crippen LogP contribution in [0.5, 0.6) is 5.75 Å². The van der Waals surface area contributed by atoms with E-state index in [-0.39, 0.29) is 12.4 Å². The topological polar surface area (TPSA) is 46.5 Å². The first-order chi connectivity index (χ1) is 8.22. The molecule has 86 valence electrons. The lowest BCUT2D eigenvalue weighted by Crippen LogP contribution is -2.44. The average molecular weight is 246 g/mol. The van der Waals surface area contributed by atoms with Gasteiger partial charge in [-0.05, 0) is 23.6 Å². The quantitative estimate of drug-likeness (QED) is 0.839. The van der Waals surface area contributed by atoms with Crippen molar-refractivity contribution < 1.29 is 14.6 Å². The SMILES string of the molecule is O=C1c2ccccc2OCC1(O)c1cccs1. The van der Waals surface area contributed by atoms with Crippen LogP contribution in [0.4, 0.5) is 0 Å². The van der Waals surface area contributed by atoms with Crippen LogP contribution in [0.1, 0.15) is 15.2 Å². The number of ketones is 1. The lowest BCUT2D eigenvalue weighted by atomic mass is 9.89. The minimum atomic E-state index is -1.54. The lowest BCUT2D eigenvalue weighted by molar-refractivity contribution is -0.00298. The molecule has 0 radical (unpaired) electrons. The number of carbonyl (C=O) groups is 1. The van der Waals surface area contributed by atoms with Crippen LogP contribution < -0.4 is 4.74 Å². The van der Waals surface area contributed by atoms with Crippen molar-refractivity contribution >= 4 is 17.1 Å². The van der Waals surface area contributed by atoms with E-state index >= 15 is 0 Å². The van der Waals surface area contributed by atoms with Crippen molar-refractivity contribution in [3.8, 4) is 5.75 Å². The van der Waals surface area contributed by atoms with Crippen molar-refractivity contribution in [1.29, 1.82) is 0 Å². The van der Waals surface area contributed by atoms with E-state index in [1.54, 1.807) is 24.3 Å². The Balaban J connectivity index is 2.11. The molecule has 1 unspecified atom stereocenters. The molecule has 0 aliphatic carbocycles. The summed E-state index contributed by atoms with van der Waals surface area (Å²) in [6, 6.07) is 10.5. The highest BCUT2D eigenvalue weighted by Crippen LogP contribution is 2.36. The number of ether oxygens (including phenoxy) is 1. The maximum Gasteiger partial charge on any atom is 0.207 e. The van der Waals surface area contributed by atoms with Crippen molar-refractivity contribution in [2.45, 2.75) is 5.60 Å². The van der Waals surface area contributed by atoms with E-state index in [4.69, 9.17) is 4.74 Å². The minimum Gasteiger partial charge on any atom is -0.489 e. The van der Waals surface area contributed by atoms with Gasteiger partial charge in [-0.2, -0.15) is 0 Å². The molecule has 17 heavy (non-hydrogen) atoms. The first-order valence-electron chi connectivity index (χ1n) is 5.25. The van der Waals surface area contributed by atoms with Gasteiger partial charge in [0.2, 0.25) is 5.78 Å². The molecule has 0 bridgehead atoms. The Morgan fingerprint density at radius 1 is 1.24 bits per heavy atom. The van der Waals surface area contributed by atoms with E-state index in [9.17, 15) is 9.90 Å². The van der Waals surface area contributed by atoms with Gasteiger partial charge in [0.25, 0.3) is 0 Å². The lowest BCUT2D eigenvalue weighted by Gasteiger charge is -2.30. The van der Waals surface area contributed by atoms with Crippen molar-refractivity contribution in [2.24, 2.45) is 0 Å². The second-order valence-corrected chi connectivity index (χ2v) is 4.90. The van der Waals surface area contributed by atoms with Gasteiger partial charge in [0.15, 0.2) is 5.60 Å². The summed E-state index contributed by atoms with van der Waals surface area (Å²) in [5.41, 5.74) is -1.10. The minimum absolute atomic E-state index is 0.0244. The van der Waals surface area contributed by atoms with Gasteiger partial charge in [-0.15, -0.1) is 11.3 Å². The molecule has 1 aromatic carbocycles. The highest BCUT2D eigenvalue weighted by Gasteiger charge is 2.44. The van der Waals surface area contributed by atoms with Crippen LogP contribution in [0.25, 0.3) is 0 Å². The third kappa shape index (κ3) is 1.49. The summed E-state index contributed by atoms with van der Waals surface area (Å²) < 4.78 is 5.47. The van der Waals surface area contributed by atoms with Gasteiger partial charge in [0.1, 0.15) is 12.4 Å². The van der Waals surface area contributed by atoms with Crippen LogP contribution in [-0.2, 0) is 5.60 Å². The van der Waals surface area contributed by atoms with Crippen LogP contribution in [0.15, 0.2) is 41.8 Å². The summed E-state index contributed by atoms with van der Waals surface area (Å²) >= 11 is 1.36. The van der Waals surface area contributed by atoms with Crippen LogP contribution in [0.3, 0.4) is 0 Å². The number of Topliss-reactive ketones (excluding diaryl/α,β-unsaturated/α-hetero) is 1. The number of hydrogen-bond acceptors (Lipinski definition) is 4. The van der Waals surface area contributed by atoms with Crippen molar-refractivity contribution in [1.82, 2.24) is 0 Å². The highest BCUT2D eigenvalue weighted by molar-refractivity contribution is 7.10. The number of aliphatic hydroxyl groups is 1. The molecular formula is C13H10O3S. The Bertz CT molecular complexity index is 562. The molecule has 3 nitrogen and oxygen atoms in total. The van der Waals surface area contributed by atoms with Crippen LogP contribution in [0, 0.1) is 0 Å². The number of thiophene rings is 1. The zero-order valence-corrected chi connectivity index (χ0v) is 9.74. The van der Waals surface area contributed by atoms with Crippen molar-refractivity contribution in [2.75, 3.05) is 6.61 Å². The standard InChI is InChI=1S/C13H10O3S/c14-12-9-4-1-2-5-10(9)16-8-13(12,15)11-6-3-7-17-11/h1-7,15H,8H2. The molecule has 1 aromatic heterocycles. The van der Waals surface area contributed by atoms with E-state index in [0.29, 0.717) is 16.2 Å². The Labute approximate surface area is 102 Å². The molecule has 1 atom stereocenters. The first-order valence-corrected chi connectivity index (χ1v) is 6.13. The molecule has 2 heterocycles. The number of benzene rings is 1. The second-order valence-electron chi connectivity index (χ2n) is 3.95.